The summed E-state index contributed by atoms with van der Waals surface area (Å²) in [5, 5.41) is -5.87. The molecule has 14 heteroatoms. The molecule has 3 unspecified atom stereocenters. The number of halogens is 5. The summed E-state index contributed by atoms with van der Waals surface area (Å²) < 4.78 is 123. The summed E-state index contributed by atoms with van der Waals surface area (Å²) in [6.07, 6.45) is -10.5. The average molecular weight is 657 g/mol. The van der Waals surface area contributed by atoms with Gasteiger partial charge in [-0.05, 0) is 33.9 Å². The van der Waals surface area contributed by atoms with Gasteiger partial charge in [0.25, 0.3) is 6.10 Å². The smallest absolute Gasteiger partial charge is 0.432 e. The third-order valence-corrected chi connectivity index (χ3v) is 8.99. The van der Waals surface area contributed by atoms with Crippen molar-refractivity contribution < 1.29 is 58.7 Å². The van der Waals surface area contributed by atoms with E-state index >= 15 is 0 Å². The van der Waals surface area contributed by atoms with E-state index in [0.717, 1.165) is 11.1 Å². The number of alkyl halides is 5. The Morgan fingerprint density at radius 3 is 1.78 bits per heavy atom. The lowest BCUT2D eigenvalue weighted by Crippen LogP contribution is -2.54. The van der Waals surface area contributed by atoms with Crippen LogP contribution in [0.15, 0.2) is 72.8 Å². The fourth-order valence-electron chi connectivity index (χ4n) is 6.33. The highest BCUT2D eigenvalue weighted by Crippen LogP contribution is 2.63. The SMILES string of the molecule is COCCOCCOc1ccccc1C1C2c3ccccc3C(c3ccccc32)C1C(=O)OC(C(F)(F)F)C(F)(F)S(=O)(=O)O. The molecule has 0 amide bonds. The molecule has 0 heterocycles. The molecule has 6 rings (SSSR count). The molecule has 0 radical (unpaired) electrons. The number of hydrogen-bond donors (Lipinski definition) is 1. The highest BCUT2D eigenvalue weighted by atomic mass is 32.2. The van der Waals surface area contributed by atoms with Crippen molar-refractivity contribution in [1.82, 2.24) is 0 Å². The summed E-state index contributed by atoms with van der Waals surface area (Å²) in [5.74, 6) is -5.51. The molecule has 8 nitrogen and oxygen atoms in total. The summed E-state index contributed by atoms with van der Waals surface area (Å²) in [5.41, 5.74) is 3.15. The minimum Gasteiger partial charge on any atom is -0.491 e. The predicted molar refractivity (Wildman–Crippen MR) is 150 cm³/mol. The summed E-state index contributed by atoms with van der Waals surface area (Å²) in [6.45, 7) is 0.911. The Morgan fingerprint density at radius 2 is 1.27 bits per heavy atom. The summed E-state index contributed by atoms with van der Waals surface area (Å²) >= 11 is 0. The third kappa shape index (κ3) is 6.16. The number of methoxy groups -OCH3 is 1. The number of fused-ring (bicyclic) bond motifs is 1. The molecule has 3 aromatic rings. The van der Waals surface area contributed by atoms with Crippen LogP contribution in [-0.2, 0) is 29.1 Å². The Morgan fingerprint density at radius 1 is 0.778 bits per heavy atom. The quantitative estimate of drug-likeness (QED) is 0.115. The summed E-state index contributed by atoms with van der Waals surface area (Å²) in [4.78, 5) is 13.9. The first-order valence-electron chi connectivity index (χ1n) is 13.9. The van der Waals surface area contributed by atoms with E-state index in [0.29, 0.717) is 29.9 Å². The first-order valence-corrected chi connectivity index (χ1v) is 15.3. The van der Waals surface area contributed by atoms with E-state index in [-0.39, 0.29) is 19.0 Å². The van der Waals surface area contributed by atoms with Gasteiger partial charge in [-0.3, -0.25) is 9.35 Å². The van der Waals surface area contributed by atoms with Gasteiger partial charge in [-0.25, -0.2) is 0 Å². The van der Waals surface area contributed by atoms with Crippen molar-refractivity contribution in [2.75, 3.05) is 33.5 Å². The van der Waals surface area contributed by atoms with Crippen LogP contribution in [0, 0.1) is 5.92 Å². The van der Waals surface area contributed by atoms with Gasteiger partial charge >= 0.3 is 27.5 Å². The molecule has 3 aliphatic carbocycles. The molecule has 0 spiro atoms. The van der Waals surface area contributed by atoms with Crippen LogP contribution >= 0.6 is 0 Å². The number of benzene rings is 3. The molecule has 0 aliphatic heterocycles. The lowest BCUT2D eigenvalue weighted by Gasteiger charge is -2.50. The number of carbonyl (C=O) groups excluding carboxylic acids is 1. The van der Waals surface area contributed by atoms with E-state index in [4.69, 9.17) is 18.8 Å². The van der Waals surface area contributed by atoms with E-state index in [1.165, 1.54) is 7.11 Å². The number of esters is 1. The van der Waals surface area contributed by atoms with Crippen molar-refractivity contribution in [1.29, 1.82) is 0 Å². The molecule has 0 saturated heterocycles. The summed E-state index contributed by atoms with van der Waals surface area (Å²) in [7, 11) is -5.11. The van der Waals surface area contributed by atoms with E-state index in [1.54, 1.807) is 60.7 Å². The first kappa shape index (κ1) is 32.8. The van der Waals surface area contributed by atoms with Crippen LogP contribution in [0.1, 0.15) is 45.6 Å². The van der Waals surface area contributed by atoms with Crippen LogP contribution in [-0.4, -0.2) is 70.0 Å². The Labute approximate surface area is 255 Å². The van der Waals surface area contributed by atoms with Gasteiger partial charge in [0.05, 0.1) is 25.7 Å². The average Bonchev–Trinajstić information content (AvgIpc) is 3.00. The number of ether oxygens (including phenoxy) is 4. The van der Waals surface area contributed by atoms with E-state index in [2.05, 4.69) is 4.74 Å². The van der Waals surface area contributed by atoms with Crippen molar-refractivity contribution >= 4 is 16.1 Å². The minimum absolute atomic E-state index is 0.0700. The van der Waals surface area contributed by atoms with Crippen LogP contribution < -0.4 is 4.74 Å². The van der Waals surface area contributed by atoms with Gasteiger partial charge in [-0.1, -0.05) is 66.7 Å². The Kier molecular flexibility index (Phi) is 9.23. The second-order valence-corrected chi connectivity index (χ2v) is 12.1. The van der Waals surface area contributed by atoms with Crippen LogP contribution in [0.25, 0.3) is 0 Å². The highest BCUT2D eigenvalue weighted by Gasteiger charge is 2.67. The van der Waals surface area contributed by atoms with Crippen LogP contribution in [0.4, 0.5) is 22.0 Å². The Hall–Kier alpha value is -3.59. The predicted octanol–water partition coefficient (Wildman–Crippen LogP) is 5.67. The van der Waals surface area contributed by atoms with Gasteiger partial charge in [0.2, 0.25) is 0 Å². The van der Waals surface area contributed by atoms with Gasteiger partial charge in [-0.15, -0.1) is 0 Å². The van der Waals surface area contributed by atoms with Crippen LogP contribution in [0.3, 0.4) is 0 Å². The Balaban J connectivity index is 1.62. The number of rotatable bonds is 12. The zero-order chi connectivity index (χ0) is 32.6. The summed E-state index contributed by atoms with van der Waals surface area (Å²) in [6, 6.07) is 20.5. The van der Waals surface area contributed by atoms with Crippen LogP contribution in [0.5, 0.6) is 5.75 Å². The largest absolute Gasteiger partial charge is 0.491 e. The number of hydrogen-bond acceptors (Lipinski definition) is 7. The lowest BCUT2D eigenvalue weighted by atomic mass is 9.52. The zero-order valence-corrected chi connectivity index (χ0v) is 24.6. The lowest BCUT2D eigenvalue weighted by molar-refractivity contribution is -0.261. The van der Waals surface area contributed by atoms with E-state index < -0.39 is 57.3 Å². The third-order valence-electron chi connectivity index (χ3n) is 8.09. The molecule has 0 saturated carbocycles. The molecule has 1 N–H and O–H groups in total. The van der Waals surface area contributed by atoms with Gasteiger partial charge in [0, 0.05) is 24.9 Å². The maximum Gasteiger partial charge on any atom is 0.432 e. The van der Waals surface area contributed by atoms with Crippen molar-refractivity contribution in [3.05, 3.63) is 101 Å². The van der Waals surface area contributed by atoms with Gasteiger partial charge in [0.1, 0.15) is 12.4 Å². The topological polar surface area (TPSA) is 108 Å². The molecule has 3 atom stereocenters. The Bertz CT molecular complexity index is 1600. The molecule has 3 aromatic carbocycles. The fraction of sp³-hybridized carbons (Fsp3) is 0.387. The van der Waals surface area contributed by atoms with Gasteiger partial charge in [0.15, 0.2) is 0 Å². The van der Waals surface area contributed by atoms with Crippen molar-refractivity contribution in [2.45, 2.75) is 35.3 Å². The second-order valence-electron chi connectivity index (χ2n) is 10.7. The number of carbonyl (C=O) groups is 1. The fourth-order valence-corrected chi connectivity index (χ4v) is 6.78. The minimum atomic E-state index is -6.63. The van der Waals surface area contributed by atoms with E-state index in [1.807, 2.05) is 12.1 Å². The van der Waals surface area contributed by atoms with Gasteiger partial charge in [-0.2, -0.15) is 30.4 Å². The van der Waals surface area contributed by atoms with E-state index in [9.17, 15) is 35.2 Å². The molecule has 2 bridgehead atoms. The second kappa shape index (κ2) is 12.7. The van der Waals surface area contributed by atoms with Crippen molar-refractivity contribution in [3.8, 4) is 5.75 Å². The maximum atomic E-state index is 14.5. The molecule has 45 heavy (non-hydrogen) atoms. The molecular formula is C31H29F5O8S. The van der Waals surface area contributed by atoms with Crippen LogP contribution in [0.2, 0.25) is 0 Å². The molecule has 0 fully saturated rings. The maximum absolute atomic E-state index is 14.5. The number of para-hydroxylation sites is 1. The zero-order valence-electron chi connectivity index (χ0n) is 23.7. The van der Waals surface area contributed by atoms with Crippen molar-refractivity contribution in [2.24, 2.45) is 5.92 Å². The normalized spacial score (nSPS) is 21.5. The molecule has 0 aromatic heterocycles. The monoisotopic (exact) mass is 656 g/mol. The highest BCUT2D eigenvalue weighted by molar-refractivity contribution is 7.86. The first-order chi connectivity index (χ1) is 21.3. The molecule has 3 aliphatic rings. The standard InChI is InChI=1S/C31H29F5O8S/c1-41-14-15-42-16-17-43-23-13-7-6-12-22(23)26-24-18-8-2-4-10-20(18)25(21-11-5-3-9-19(21)24)27(26)28(37)44-29(30(32,33)34)31(35,36)45(38,39)40/h2-13,24-27,29H,14-17H2,1H3,(H,38,39,40). The van der Waals surface area contributed by atoms with Crippen molar-refractivity contribution in [3.63, 3.8) is 0 Å². The molecule has 242 valence electrons. The van der Waals surface area contributed by atoms with Gasteiger partial charge < -0.3 is 18.9 Å². The molecular weight excluding hydrogens is 627 g/mol.